The molecule has 1 aromatic rings. The summed E-state index contributed by atoms with van der Waals surface area (Å²) < 4.78 is 37.5. The molecule has 1 atom stereocenters. The molecule has 0 aliphatic carbocycles. The highest BCUT2D eigenvalue weighted by Gasteiger charge is 2.42. The molecular formula is C10H9F3N2O4. The first-order valence-corrected chi connectivity index (χ1v) is 4.93. The average molecular weight is 278 g/mol. The summed E-state index contributed by atoms with van der Waals surface area (Å²) in [6.07, 6.45) is -4.24. The first-order valence-electron chi connectivity index (χ1n) is 4.93. The van der Waals surface area contributed by atoms with Crippen LogP contribution in [-0.2, 0) is 4.79 Å². The number of aromatic hydroxyl groups is 1. The Balaban J connectivity index is 2.85. The van der Waals surface area contributed by atoms with Gasteiger partial charge in [0.25, 0.3) is 5.91 Å². The highest BCUT2D eigenvalue weighted by molar-refractivity contribution is 5.94. The van der Waals surface area contributed by atoms with Crippen molar-refractivity contribution in [1.29, 1.82) is 0 Å². The van der Waals surface area contributed by atoms with E-state index in [1.807, 2.05) is 0 Å². The molecule has 1 heterocycles. The van der Waals surface area contributed by atoms with Crippen molar-refractivity contribution in [1.82, 2.24) is 10.3 Å². The number of amides is 1. The molecule has 0 spiro atoms. The zero-order valence-corrected chi connectivity index (χ0v) is 9.31. The van der Waals surface area contributed by atoms with E-state index in [0.29, 0.717) is 0 Å². The van der Waals surface area contributed by atoms with E-state index in [9.17, 15) is 22.8 Å². The van der Waals surface area contributed by atoms with Crippen LogP contribution in [0.1, 0.15) is 16.8 Å². The van der Waals surface area contributed by atoms with E-state index in [4.69, 9.17) is 10.2 Å². The van der Waals surface area contributed by atoms with Crippen molar-refractivity contribution < 1.29 is 33.0 Å². The number of hydrogen-bond donors (Lipinski definition) is 3. The van der Waals surface area contributed by atoms with Gasteiger partial charge >= 0.3 is 12.1 Å². The molecule has 0 fully saturated rings. The van der Waals surface area contributed by atoms with Crippen molar-refractivity contribution in [3.8, 4) is 5.75 Å². The minimum absolute atomic E-state index is 0.306. The van der Waals surface area contributed by atoms with Gasteiger partial charge in [-0.2, -0.15) is 13.2 Å². The van der Waals surface area contributed by atoms with Gasteiger partial charge in [-0.1, -0.05) is 0 Å². The summed E-state index contributed by atoms with van der Waals surface area (Å²) in [5, 5.41) is 18.9. The highest BCUT2D eigenvalue weighted by atomic mass is 19.4. The zero-order valence-electron chi connectivity index (χ0n) is 9.31. The highest BCUT2D eigenvalue weighted by Crippen LogP contribution is 2.23. The Morgan fingerprint density at radius 3 is 2.47 bits per heavy atom. The van der Waals surface area contributed by atoms with E-state index in [-0.39, 0.29) is 5.56 Å². The number of pyridine rings is 1. The van der Waals surface area contributed by atoms with Crippen LogP contribution >= 0.6 is 0 Å². The largest absolute Gasteiger partial charge is 0.506 e. The Morgan fingerprint density at radius 2 is 2.00 bits per heavy atom. The minimum atomic E-state index is -4.89. The molecule has 3 N–H and O–H groups in total. The molecular weight excluding hydrogens is 269 g/mol. The summed E-state index contributed by atoms with van der Waals surface area (Å²) in [6.45, 7) is 0. The molecule has 6 nitrogen and oxygen atoms in total. The molecule has 0 aliphatic heterocycles. The van der Waals surface area contributed by atoms with Crippen LogP contribution in [0.5, 0.6) is 5.75 Å². The third-order valence-electron chi connectivity index (χ3n) is 2.07. The second-order valence-corrected chi connectivity index (χ2v) is 3.60. The number of rotatable bonds is 4. The Morgan fingerprint density at radius 1 is 1.37 bits per heavy atom. The molecule has 0 radical (unpaired) electrons. The molecule has 0 aliphatic rings. The topological polar surface area (TPSA) is 99.5 Å². The van der Waals surface area contributed by atoms with Gasteiger partial charge in [0.05, 0.1) is 18.2 Å². The lowest BCUT2D eigenvalue weighted by atomic mass is 10.1. The summed E-state index contributed by atoms with van der Waals surface area (Å²) in [6, 6.07) is -1.60. The summed E-state index contributed by atoms with van der Waals surface area (Å²) in [7, 11) is 0. The predicted molar refractivity (Wildman–Crippen MR) is 55.5 cm³/mol. The van der Waals surface area contributed by atoms with Gasteiger partial charge in [-0.3, -0.25) is 14.6 Å². The number of carboxylic acids is 1. The van der Waals surface area contributed by atoms with Crippen molar-refractivity contribution in [3.63, 3.8) is 0 Å². The number of aromatic nitrogens is 1. The summed E-state index contributed by atoms with van der Waals surface area (Å²) in [4.78, 5) is 25.2. The fourth-order valence-corrected chi connectivity index (χ4v) is 1.22. The van der Waals surface area contributed by atoms with Crippen molar-refractivity contribution in [2.24, 2.45) is 0 Å². The van der Waals surface area contributed by atoms with Gasteiger partial charge in [-0.05, 0) is 6.07 Å². The molecule has 104 valence electrons. The van der Waals surface area contributed by atoms with Crippen LogP contribution in [0.2, 0.25) is 0 Å². The van der Waals surface area contributed by atoms with Crippen LogP contribution in [0.4, 0.5) is 13.2 Å². The molecule has 9 heteroatoms. The van der Waals surface area contributed by atoms with Crippen LogP contribution in [0.15, 0.2) is 18.5 Å². The van der Waals surface area contributed by atoms with Gasteiger partial charge in [-0.25, -0.2) is 0 Å². The number of alkyl halides is 3. The maximum Gasteiger partial charge on any atom is 0.409 e. The van der Waals surface area contributed by atoms with Crippen molar-refractivity contribution in [3.05, 3.63) is 24.0 Å². The van der Waals surface area contributed by atoms with Crippen LogP contribution in [-0.4, -0.2) is 39.3 Å². The van der Waals surface area contributed by atoms with E-state index >= 15 is 0 Å². The quantitative estimate of drug-likeness (QED) is 0.760. The first-order chi connectivity index (χ1) is 8.70. The molecule has 1 unspecified atom stereocenters. The first kappa shape index (κ1) is 14.7. The van der Waals surface area contributed by atoms with E-state index in [1.54, 1.807) is 0 Å². The van der Waals surface area contributed by atoms with Crippen molar-refractivity contribution >= 4 is 11.9 Å². The average Bonchev–Trinajstić information content (AvgIpc) is 2.26. The lowest BCUT2D eigenvalue weighted by Gasteiger charge is -2.19. The molecule has 0 bridgehead atoms. The smallest absolute Gasteiger partial charge is 0.409 e. The van der Waals surface area contributed by atoms with E-state index in [2.05, 4.69) is 4.98 Å². The zero-order chi connectivity index (χ0) is 14.6. The molecule has 0 saturated heterocycles. The fourth-order valence-electron chi connectivity index (χ4n) is 1.22. The Hall–Kier alpha value is -2.32. The molecule has 1 rings (SSSR count). The lowest BCUT2D eigenvalue weighted by molar-refractivity contribution is -0.165. The van der Waals surface area contributed by atoms with Gasteiger partial charge in [-0.15, -0.1) is 0 Å². The van der Waals surface area contributed by atoms with Gasteiger partial charge in [0.2, 0.25) is 0 Å². The monoisotopic (exact) mass is 278 g/mol. The number of aliphatic carboxylic acids is 1. The summed E-state index contributed by atoms with van der Waals surface area (Å²) in [5.41, 5.74) is -0.306. The van der Waals surface area contributed by atoms with Gasteiger partial charge in [0, 0.05) is 6.20 Å². The Kier molecular flexibility index (Phi) is 4.30. The Labute approximate surface area is 104 Å². The normalized spacial score (nSPS) is 12.8. The predicted octanol–water partition coefficient (Wildman–Crippen LogP) is 0.923. The number of halogens is 3. The number of nitrogens with one attached hydrogen (secondary N) is 1. The standard InChI is InChI=1S/C10H9F3N2O4/c11-10(12,13)7(2-8(17)18)15-9(19)5-1-6(16)4-14-3-5/h1,3-4,7,16H,2H2,(H,15,19)(H,17,18). The van der Waals surface area contributed by atoms with Crippen molar-refractivity contribution in [2.45, 2.75) is 18.6 Å². The second kappa shape index (κ2) is 5.55. The SMILES string of the molecule is O=C(O)CC(NC(=O)c1cncc(O)c1)C(F)(F)F. The number of nitrogens with zero attached hydrogens (tertiary/aromatic N) is 1. The third kappa shape index (κ3) is 4.45. The molecule has 0 saturated carbocycles. The molecule has 1 amide bonds. The van der Waals surface area contributed by atoms with Gasteiger partial charge < -0.3 is 15.5 Å². The maximum atomic E-state index is 12.5. The van der Waals surface area contributed by atoms with Crippen LogP contribution in [0, 0.1) is 0 Å². The minimum Gasteiger partial charge on any atom is -0.506 e. The Bertz CT molecular complexity index is 490. The summed E-state index contributed by atoms with van der Waals surface area (Å²) in [5.74, 6) is -3.27. The van der Waals surface area contributed by atoms with E-state index in [0.717, 1.165) is 18.5 Å². The third-order valence-corrected chi connectivity index (χ3v) is 2.07. The maximum absolute atomic E-state index is 12.5. The fraction of sp³-hybridized carbons (Fsp3) is 0.300. The van der Waals surface area contributed by atoms with E-state index < -0.39 is 36.3 Å². The van der Waals surface area contributed by atoms with Gasteiger partial charge in [0.15, 0.2) is 0 Å². The van der Waals surface area contributed by atoms with Gasteiger partial charge in [0.1, 0.15) is 11.8 Å². The summed E-state index contributed by atoms with van der Waals surface area (Å²) >= 11 is 0. The molecule has 1 aromatic heterocycles. The lowest BCUT2D eigenvalue weighted by Crippen LogP contribution is -2.46. The number of carbonyl (C=O) groups excluding carboxylic acids is 1. The van der Waals surface area contributed by atoms with Crippen LogP contribution in [0.3, 0.4) is 0 Å². The van der Waals surface area contributed by atoms with Crippen LogP contribution < -0.4 is 5.32 Å². The number of carbonyl (C=O) groups is 2. The second-order valence-electron chi connectivity index (χ2n) is 3.60. The number of hydrogen-bond acceptors (Lipinski definition) is 4. The van der Waals surface area contributed by atoms with E-state index in [1.165, 1.54) is 5.32 Å². The number of carboxylic acid groups (broad SMARTS) is 1. The van der Waals surface area contributed by atoms with Crippen molar-refractivity contribution in [2.75, 3.05) is 0 Å². The molecule has 0 aromatic carbocycles. The molecule has 19 heavy (non-hydrogen) atoms. The van der Waals surface area contributed by atoms with Crippen LogP contribution in [0.25, 0.3) is 0 Å².